The van der Waals surface area contributed by atoms with Crippen LogP contribution in [0.5, 0.6) is 23.0 Å². The number of Topliss-reactive ketones (excluding diaryl/α,β-unsaturated/α-hetero) is 1. The second-order valence-corrected chi connectivity index (χ2v) is 9.85. The van der Waals surface area contributed by atoms with Crippen molar-refractivity contribution in [2.24, 2.45) is 0 Å². The summed E-state index contributed by atoms with van der Waals surface area (Å²) in [6.45, 7) is 6.89. The molecule has 9 heteroatoms. The van der Waals surface area contributed by atoms with Gasteiger partial charge in [-0.05, 0) is 76.3 Å². The van der Waals surface area contributed by atoms with Crippen LogP contribution in [0.3, 0.4) is 0 Å². The van der Waals surface area contributed by atoms with E-state index in [1.54, 1.807) is 30.3 Å². The molecule has 0 spiro atoms. The van der Waals surface area contributed by atoms with Gasteiger partial charge in [-0.25, -0.2) is 0 Å². The van der Waals surface area contributed by atoms with E-state index in [9.17, 15) is 14.7 Å². The van der Waals surface area contributed by atoms with E-state index in [0.717, 1.165) is 19.4 Å². The third-order valence-corrected chi connectivity index (χ3v) is 6.70. The predicted molar refractivity (Wildman–Crippen MR) is 148 cm³/mol. The van der Waals surface area contributed by atoms with Gasteiger partial charge in [0.2, 0.25) is 0 Å². The molecule has 39 heavy (non-hydrogen) atoms. The molecule has 1 atom stereocenters. The van der Waals surface area contributed by atoms with E-state index < -0.39 is 17.7 Å². The predicted octanol–water partition coefficient (Wildman–Crippen LogP) is 4.41. The number of likely N-dealkylation sites (tertiary alicyclic amines) is 1. The highest BCUT2D eigenvalue weighted by Crippen LogP contribution is 2.43. The number of rotatable bonds is 12. The highest BCUT2D eigenvalue weighted by atomic mass is 16.6. The number of unbranched alkanes of at least 4 members (excludes halogenated alkanes) is 1. The van der Waals surface area contributed by atoms with Crippen LogP contribution in [0, 0.1) is 0 Å². The summed E-state index contributed by atoms with van der Waals surface area (Å²) in [6, 6.07) is 9.64. The minimum atomic E-state index is -0.788. The Morgan fingerprint density at radius 3 is 2.49 bits per heavy atom. The van der Waals surface area contributed by atoms with Crippen LogP contribution in [-0.4, -0.2) is 80.2 Å². The Labute approximate surface area is 229 Å². The second-order valence-electron chi connectivity index (χ2n) is 9.85. The average molecular weight is 539 g/mol. The number of carbonyl (C=O) groups is 2. The molecule has 0 unspecified atom stereocenters. The van der Waals surface area contributed by atoms with Gasteiger partial charge in [-0.15, -0.1) is 0 Å². The lowest BCUT2D eigenvalue weighted by molar-refractivity contribution is -0.139. The van der Waals surface area contributed by atoms with E-state index in [1.807, 2.05) is 32.0 Å². The Balaban J connectivity index is 1.78. The van der Waals surface area contributed by atoms with Crippen LogP contribution in [-0.2, 0) is 9.59 Å². The van der Waals surface area contributed by atoms with E-state index >= 15 is 0 Å². The van der Waals surface area contributed by atoms with Crippen LogP contribution in [0.4, 0.5) is 0 Å². The monoisotopic (exact) mass is 538 g/mol. The summed E-state index contributed by atoms with van der Waals surface area (Å²) in [4.78, 5) is 30.3. The summed E-state index contributed by atoms with van der Waals surface area (Å²) in [7, 11) is 3.91. The maximum absolute atomic E-state index is 13.4. The molecule has 2 aliphatic heterocycles. The number of carbonyl (C=O) groups excluding carboxylic acids is 2. The van der Waals surface area contributed by atoms with Gasteiger partial charge >= 0.3 is 0 Å². The Morgan fingerprint density at radius 1 is 1.00 bits per heavy atom. The molecule has 0 bridgehead atoms. The Hall–Kier alpha value is -3.72. The molecule has 2 heterocycles. The first-order chi connectivity index (χ1) is 18.8. The molecule has 1 saturated heterocycles. The molecule has 1 N–H and O–H groups in total. The van der Waals surface area contributed by atoms with Crippen LogP contribution in [0.1, 0.15) is 50.3 Å². The van der Waals surface area contributed by atoms with Gasteiger partial charge in [0.25, 0.3) is 11.7 Å². The van der Waals surface area contributed by atoms with Gasteiger partial charge in [0.1, 0.15) is 19.0 Å². The standard InChI is InChI=1S/C30H38N2O7/c1-5-7-15-37-22-11-9-20(18-24(22)36-6-2)27-26(29(34)30(35)32(27)14-8-13-31(3)4)28(33)21-10-12-23-25(19-21)39-17-16-38-23/h9-12,18-19,27,33H,5-8,13-17H2,1-4H3/b28-26+/t27-/m1/s1. The van der Waals surface area contributed by atoms with Gasteiger partial charge in [-0.2, -0.15) is 0 Å². The number of benzene rings is 2. The highest BCUT2D eigenvalue weighted by Gasteiger charge is 2.46. The van der Waals surface area contributed by atoms with Crippen LogP contribution < -0.4 is 18.9 Å². The minimum absolute atomic E-state index is 0.0311. The molecule has 2 aliphatic rings. The molecule has 4 rings (SSSR count). The van der Waals surface area contributed by atoms with Gasteiger partial charge in [0, 0.05) is 12.1 Å². The van der Waals surface area contributed by atoms with Crippen LogP contribution in [0.15, 0.2) is 42.0 Å². The quantitative estimate of drug-likeness (QED) is 0.184. The first kappa shape index (κ1) is 28.3. The molecular weight excluding hydrogens is 500 g/mol. The maximum Gasteiger partial charge on any atom is 0.295 e. The Morgan fingerprint density at radius 2 is 1.77 bits per heavy atom. The van der Waals surface area contributed by atoms with Crippen molar-refractivity contribution in [2.45, 2.75) is 39.2 Å². The van der Waals surface area contributed by atoms with Gasteiger partial charge in [0.05, 0.1) is 24.8 Å². The summed E-state index contributed by atoms with van der Waals surface area (Å²) in [5.74, 6) is 0.562. The molecule has 0 saturated carbocycles. The molecular formula is C30H38N2O7. The zero-order valence-electron chi connectivity index (χ0n) is 23.2. The second kappa shape index (κ2) is 12.9. The number of amides is 1. The van der Waals surface area contributed by atoms with Crippen molar-refractivity contribution in [1.29, 1.82) is 0 Å². The molecule has 9 nitrogen and oxygen atoms in total. The molecule has 1 fully saturated rings. The molecule has 2 aromatic rings. The molecule has 210 valence electrons. The van der Waals surface area contributed by atoms with Gasteiger partial charge < -0.3 is 33.9 Å². The number of hydrogen-bond donors (Lipinski definition) is 1. The first-order valence-electron chi connectivity index (χ1n) is 13.6. The van der Waals surface area contributed by atoms with Crippen molar-refractivity contribution in [2.75, 3.05) is 53.6 Å². The number of aliphatic hydroxyl groups is 1. The summed E-state index contributed by atoms with van der Waals surface area (Å²) >= 11 is 0. The van der Waals surface area contributed by atoms with Crippen molar-refractivity contribution >= 4 is 17.4 Å². The summed E-state index contributed by atoms with van der Waals surface area (Å²) in [5.41, 5.74) is 1.06. The highest BCUT2D eigenvalue weighted by molar-refractivity contribution is 6.46. The maximum atomic E-state index is 13.4. The summed E-state index contributed by atoms with van der Waals surface area (Å²) in [6.07, 6.45) is 2.58. The molecule has 0 aliphatic carbocycles. The van der Waals surface area contributed by atoms with E-state index in [-0.39, 0.29) is 11.3 Å². The zero-order valence-corrected chi connectivity index (χ0v) is 23.2. The van der Waals surface area contributed by atoms with E-state index in [4.69, 9.17) is 18.9 Å². The van der Waals surface area contributed by atoms with Crippen LogP contribution in [0.2, 0.25) is 0 Å². The van der Waals surface area contributed by atoms with Crippen molar-refractivity contribution in [3.8, 4) is 23.0 Å². The van der Waals surface area contributed by atoms with E-state index in [2.05, 4.69) is 6.92 Å². The smallest absolute Gasteiger partial charge is 0.295 e. The van der Waals surface area contributed by atoms with Crippen molar-refractivity contribution < 1.29 is 33.6 Å². The number of ketones is 1. The average Bonchev–Trinajstić information content (AvgIpc) is 3.18. The number of fused-ring (bicyclic) bond motifs is 1. The largest absolute Gasteiger partial charge is 0.507 e. The van der Waals surface area contributed by atoms with Gasteiger partial charge in [0.15, 0.2) is 23.0 Å². The lowest BCUT2D eigenvalue weighted by Gasteiger charge is -2.27. The number of nitrogens with zero attached hydrogens (tertiary/aromatic N) is 2. The fourth-order valence-corrected chi connectivity index (χ4v) is 4.77. The third kappa shape index (κ3) is 6.30. The topological polar surface area (TPSA) is 97.8 Å². The van der Waals surface area contributed by atoms with Crippen LogP contribution in [0.25, 0.3) is 5.76 Å². The Bertz CT molecular complexity index is 1220. The third-order valence-electron chi connectivity index (χ3n) is 6.70. The number of hydrogen-bond acceptors (Lipinski definition) is 8. The molecule has 0 radical (unpaired) electrons. The number of aliphatic hydroxyl groups excluding tert-OH is 1. The fourth-order valence-electron chi connectivity index (χ4n) is 4.77. The van der Waals surface area contributed by atoms with E-state index in [0.29, 0.717) is 73.5 Å². The molecule has 0 aromatic heterocycles. The lowest BCUT2D eigenvalue weighted by Crippen LogP contribution is -2.32. The lowest BCUT2D eigenvalue weighted by atomic mass is 9.94. The fraction of sp³-hybridized carbons (Fsp3) is 0.467. The molecule has 2 aromatic carbocycles. The van der Waals surface area contributed by atoms with Crippen molar-refractivity contribution in [1.82, 2.24) is 9.80 Å². The van der Waals surface area contributed by atoms with Crippen molar-refractivity contribution in [3.05, 3.63) is 53.1 Å². The summed E-state index contributed by atoms with van der Waals surface area (Å²) in [5, 5.41) is 11.5. The van der Waals surface area contributed by atoms with E-state index in [1.165, 1.54) is 4.90 Å². The van der Waals surface area contributed by atoms with Crippen molar-refractivity contribution in [3.63, 3.8) is 0 Å². The zero-order chi connectivity index (χ0) is 27.9. The van der Waals surface area contributed by atoms with Gasteiger partial charge in [-0.3, -0.25) is 9.59 Å². The van der Waals surface area contributed by atoms with Gasteiger partial charge in [-0.1, -0.05) is 19.4 Å². The minimum Gasteiger partial charge on any atom is -0.507 e. The Kier molecular flexibility index (Phi) is 9.35. The molecule has 1 amide bonds. The normalized spacial score (nSPS) is 18.1. The number of ether oxygens (including phenoxy) is 4. The summed E-state index contributed by atoms with van der Waals surface area (Å²) < 4.78 is 23.1. The van der Waals surface area contributed by atoms with Crippen LogP contribution >= 0.6 is 0 Å². The SMILES string of the molecule is CCCCOc1ccc([C@@H]2/C(=C(\O)c3ccc4c(c3)OCCO4)C(=O)C(=O)N2CCCN(C)C)cc1OCC. The first-order valence-corrected chi connectivity index (χ1v) is 13.6.